The maximum atomic E-state index is 12.7. The van der Waals surface area contributed by atoms with Crippen LogP contribution in [0.25, 0.3) is 0 Å². The van der Waals surface area contributed by atoms with E-state index in [0.717, 1.165) is 23.8 Å². The number of alkyl halides is 3. The van der Waals surface area contributed by atoms with Crippen LogP contribution >= 0.6 is 0 Å². The minimum atomic E-state index is -4.62. The number of sulfonamides is 1. The number of pyridine rings is 1. The number of ether oxygens (including phenoxy) is 1. The van der Waals surface area contributed by atoms with Gasteiger partial charge in [0.05, 0.1) is 17.1 Å². The zero-order chi connectivity index (χ0) is 18.8. The average molecular weight is 386 g/mol. The van der Waals surface area contributed by atoms with E-state index < -0.39 is 26.7 Å². The molecule has 0 radical (unpaired) electrons. The number of hydrogen-bond acceptors (Lipinski definition) is 4. The average Bonchev–Trinajstić information content (AvgIpc) is 3.40. The van der Waals surface area contributed by atoms with E-state index in [9.17, 15) is 21.6 Å². The van der Waals surface area contributed by atoms with Crippen LogP contribution in [0.4, 0.5) is 19.0 Å². The second-order valence-corrected chi connectivity index (χ2v) is 7.82. The second-order valence-electron chi connectivity index (χ2n) is 6.14. The maximum Gasteiger partial charge on any atom is 0.416 e. The Morgan fingerprint density at radius 3 is 2.58 bits per heavy atom. The van der Waals surface area contributed by atoms with Gasteiger partial charge in [-0.15, -0.1) is 0 Å². The Balaban J connectivity index is 1.67. The van der Waals surface area contributed by atoms with Gasteiger partial charge in [0, 0.05) is 12.8 Å². The topological polar surface area (TPSA) is 68.3 Å². The quantitative estimate of drug-likeness (QED) is 0.785. The molecule has 1 fully saturated rings. The third-order valence-corrected chi connectivity index (χ3v) is 5.21. The van der Waals surface area contributed by atoms with Gasteiger partial charge in [-0.3, -0.25) is 4.72 Å². The summed E-state index contributed by atoms with van der Waals surface area (Å²) < 4.78 is 70.5. The van der Waals surface area contributed by atoms with Crippen molar-refractivity contribution in [3.05, 3.63) is 53.7 Å². The van der Waals surface area contributed by atoms with Crippen LogP contribution in [0, 0.1) is 5.92 Å². The Kier molecular flexibility index (Phi) is 5.19. The van der Waals surface area contributed by atoms with Crippen molar-refractivity contribution in [2.45, 2.75) is 30.5 Å². The fourth-order valence-corrected chi connectivity index (χ4v) is 3.29. The molecule has 0 amide bonds. The van der Waals surface area contributed by atoms with Crippen LogP contribution in [0.2, 0.25) is 0 Å². The number of aromatic nitrogens is 1. The van der Waals surface area contributed by atoms with E-state index >= 15 is 0 Å². The summed E-state index contributed by atoms with van der Waals surface area (Å²) >= 11 is 0. The molecular weight excluding hydrogens is 369 g/mol. The molecule has 1 aromatic carbocycles. The number of nitrogens with zero attached hydrogens (tertiary/aromatic N) is 1. The van der Waals surface area contributed by atoms with Gasteiger partial charge in [0.25, 0.3) is 10.0 Å². The minimum Gasteiger partial charge on any atom is -0.376 e. The van der Waals surface area contributed by atoms with E-state index in [2.05, 4.69) is 9.71 Å². The van der Waals surface area contributed by atoms with E-state index in [4.69, 9.17) is 4.74 Å². The molecule has 0 unspecified atom stereocenters. The lowest BCUT2D eigenvalue weighted by molar-refractivity contribution is -0.137. The molecular formula is C17H17F3N2O3S. The normalized spacial score (nSPS) is 15.0. The number of hydrogen-bond donors (Lipinski definition) is 1. The van der Waals surface area contributed by atoms with Crippen LogP contribution in [0.5, 0.6) is 0 Å². The van der Waals surface area contributed by atoms with Crippen molar-refractivity contribution in [2.24, 2.45) is 5.92 Å². The molecule has 0 atom stereocenters. The van der Waals surface area contributed by atoms with Gasteiger partial charge >= 0.3 is 6.18 Å². The molecule has 1 aliphatic carbocycles. The molecule has 140 valence electrons. The van der Waals surface area contributed by atoms with Crippen molar-refractivity contribution in [3.8, 4) is 0 Å². The Morgan fingerprint density at radius 2 is 1.96 bits per heavy atom. The zero-order valence-corrected chi connectivity index (χ0v) is 14.5. The van der Waals surface area contributed by atoms with Gasteiger partial charge in [-0.2, -0.15) is 13.2 Å². The number of benzene rings is 1. The molecule has 0 spiro atoms. The second kappa shape index (κ2) is 7.24. The zero-order valence-electron chi connectivity index (χ0n) is 13.7. The van der Waals surface area contributed by atoms with Crippen LogP contribution in [-0.2, 0) is 27.5 Å². The Hall–Kier alpha value is -2.13. The van der Waals surface area contributed by atoms with E-state index in [0.29, 0.717) is 25.2 Å². The lowest BCUT2D eigenvalue weighted by Crippen LogP contribution is -2.15. The molecule has 1 N–H and O–H groups in total. The monoisotopic (exact) mass is 386 g/mol. The lowest BCUT2D eigenvalue weighted by atomic mass is 10.2. The van der Waals surface area contributed by atoms with E-state index in [-0.39, 0.29) is 5.82 Å². The van der Waals surface area contributed by atoms with E-state index in [1.54, 1.807) is 6.07 Å². The summed E-state index contributed by atoms with van der Waals surface area (Å²) in [6, 6.07) is 6.64. The summed E-state index contributed by atoms with van der Waals surface area (Å²) in [5.41, 5.74) is -0.246. The Morgan fingerprint density at radius 1 is 1.19 bits per heavy atom. The van der Waals surface area contributed by atoms with Crippen molar-refractivity contribution in [1.29, 1.82) is 0 Å². The summed E-state index contributed by atoms with van der Waals surface area (Å²) in [6.07, 6.45) is -0.772. The molecule has 1 heterocycles. The number of rotatable bonds is 7. The highest BCUT2D eigenvalue weighted by Gasteiger charge is 2.31. The number of nitrogens with one attached hydrogen (secondary N) is 1. The van der Waals surface area contributed by atoms with Crippen molar-refractivity contribution < 1.29 is 26.3 Å². The number of anilines is 1. The molecule has 1 aliphatic rings. The first kappa shape index (κ1) is 18.7. The first-order valence-electron chi connectivity index (χ1n) is 7.97. The SMILES string of the molecule is O=S(=O)(Nc1ccc(COCC2CC2)cn1)c1cccc(C(F)(F)F)c1. The first-order chi connectivity index (χ1) is 12.2. The highest BCUT2D eigenvalue weighted by Crippen LogP contribution is 2.31. The standard InChI is InChI=1S/C17H17F3N2O3S/c18-17(19,20)14-2-1-3-15(8-14)26(23,24)22-16-7-6-13(9-21-16)11-25-10-12-4-5-12/h1-3,6-9,12H,4-5,10-11H2,(H,21,22). The molecule has 3 rings (SSSR count). The van der Waals surface area contributed by atoms with E-state index in [1.807, 2.05) is 0 Å². The highest BCUT2D eigenvalue weighted by molar-refractivity contribution is 7.92. The van der Waals surface area contributed by atoms with Crippen LogP contribution in [-0.4, -0.2) is 20.0 Å². The third-order valence-electron chi connectivity index (χ3n) is 3.85. The molecule has 2 aromatic rings. The predicted molar refractivity (Wildman–Crippen MR) is 88.9 cm³/mol. The Labute approximate surface area is 149 Å². The molecule has 26 heavy (non-hydrogen) atoms. The Bertz CT molecular complexity index is 864. The molecule has 1 aromatic heterocycles. The van der Waals surface area contributed by atoms with Crippen LogP contribution in [0.3, 0.4) is 0 Å². The van der Waals surface area contributed by atoms with E-state index in [1.165, 1.54) is 25.1 Å². The summed E-state index contributed by atoms with van der Waals surface area (Å²) in [4.78, 5) is 3.50. The molecule has 0 saturated heterocycles. The molecule has 0 aliphatic heterocycles. The minimum absolute atomic E-state index is 0.0216. The van der Waals surface area contributed by atoms with Gasteiger partial charge in [0.15, 0.2) is 0 Å². The van der Waals surface area contributed by atoms with Gasteiger partial charge in [-0.25, -0.2) is 13.4 Å². The van der Waals surface area contributed by atoms with Crippen LogP contribution in [0.1, 0.15) is 24.0 Å². The third kappa shape index (κ3) is 4.95. The summed E-state index contributed by atoms with van der Waals surface area (Å²) in [5.74, 6) is 0.662. The van der Waals surface area contributed by atoms with Gasteiger partial charge in [0.2, 0.25) is 0 Å². The highest BCUT2D eigenvalue weighted by atomic mass is 32.2. The fraction of sp³-hybridized carbons (Fsp3) is 0.353. The first-order valence-corrected chi connectivity index (χ1v) is 9.45. The largest absolute Gasteiger partial charge is 0.416 e. The predicted octanol–water partition coefficient (Wildman–Crippen LogP) is 3.83. The van der Waals surface area contributed by atoms with Crippen LogP contribution in [0.15, 0.2) is 47.5 Å². The van der Waals surface area contributed by atoms with Gasteiger partial charge in [-0.05, 0) is 48.6 Å². The molecule has 0 bridgehead atoms. The summed E-state index contributed by atoms with van der Waals surface area (Å²) in [6.45, 7) is 1.08. The van der Waals surface area contributed by atoms with Crippen molar-refractivity contribution in [1.82, 2.24) is 4.98 Å². The van der Waals surface area contributed by atoms with Crippen molar-refractivity contribution in [2.75, 3.05) is 11.3 Å². The molecule has 9 heteroatoms. The van der Waals surface area contributed by atoms with Crippen molar-refractivity contribution in [3.63, 3.8) is 0 Å². The summed E-state index contributed by atoms with van der Waals surface area (Å²) in [7, 11) is -4.17. The molecule has 1 saturated carbocycles. The smallest absolute Gasteiger partial charge is 0.376 e. The van der Waals surface area contributed by atoms with Crippen molar-refractivity contribution >= 4 is 15.8 Å². The molecule has 5 nitrogen and oxygen atoms in total. The van der Waals surface area contributed by atoms with Gasteiger partial charge in [-0.1, -0.05) is 12.1 Å². The maximum absolute atomic E-state index is 12.7. The van der Waals surface area contributed by atoms with Crippen LogP contribution < -0.4 is 4.72 Å². The lowest BCUT2D eigenvalue weighted by Gasteiger charge is -2.11. The van der Waals surface area contributed by atoms with Gasteiger partial charge < -0.3 is 4.74 Å². The summed E-state index contributed by atoms with van der Waals surface area (Å²) in [5, 5.41) is 0. The van der Waals surface area contributed by atoms with Gasteiger partial charge in [0.1, 0.15) is 5.82 Å². The fourth-order valence-electron chi connectivity index (χ4n) is 2.23. The number of halogens is 3.